The van der Waals surface area contributed by atoms with Crippen molar-refractivity contribution in [2.75, 3.05) is 11.5 Å². The Kier molecular flexibility index (Phi) is 6.76. The normalized spacial score (nSPS) is 16.5. The second-order valence-electron chi connectivity index (χ2n) is 6.34. The highest BCUT2D eigenvalue weighted by Gasteiger charge is 2.38. The zero-order valence-electron chi connectivity index (χ0n) is 15.8. The molecule has 0 radical (unpaired) electrons. The lowest BCUT2D eigenvalue weighted by Crippen LogP contribution is -2.58. The van der Waals surface area contributed by atoms with E-state index in [4.69, 9.17) is 28.6 Å². The molecule has 0 unspecified atom stereocenters. The molecule has 2 N–H and O–H groups in total. The standard InChI is InChI=1S/C20H17ClN4O4S/c1-12-2-6-14(7-3-12)25-19(28)16(18(27)23-20(25)30)10-22-24-17(26)11-29-15-8-4-13(21)5-9-15/h2-10,16H,11H2,1H3,(H,24,26)(H,23,27,30)/b22-10+/t16-/m0/s1. The number of carbonyl (C=O) groups is 3. The van der Waals surface area contributed by atoms with E-state index in [0.717, 1.165) is 11.8 Å². The smallest absolute Gasteiger partial charge is 0.277 e. The van der Waals surface area contributed by atoms with Crippen molar-refractivity contribution in [2.45, 2.75) is 6.92 Å². The molecule has 0 spiro atoms. The Morgan fingerprint density at radius 2 is 1.90 bits per heavy atom. The summed E-state index contributed by atoms with van der Waals surface area (Å²) in [7, 11) is 0. The molecule has 0 saturated carbocycles. The first-order valence-corrected chi connectivity index (χ1v) is 9.59. The second-order valence-corrected chi connectivity index (χ2v) is 7.16. The number of amides is 3. The van der Waals surface area contributed by atoms with E-state index in [-0.39, 0.29) is 11.7 Å². The lowest BCUT2D eigenvalue weighted by Gasteiger charge is -2.30. The highest BCUT2D eigenvalue weighted by molar-refractivity contribution is 7.80. The minimum absolute atomic E-state index is 0.0149. The number of ether oxygens (including phenoxy) is 1. The summed E-state index contributed by atoms with van der Waals surface area (Å²) in [5, 5.41) is 6.71. The number of hydrazone groups is 1. The van der Waals surface area contributed by atoms with Crippen molar-refractivity contribution in [1.82, 2.24) is 10.7 Å². The molecule has 0 aromatic heterocycles. The van der Waals surface area contributed by atoms with Crippen LogP contribution in [-0.4, -0.2) is 35.7 Å². The average Bonchev–Trinajstić information content (AvgIpc) is 2.71. The summed E-state index contributed by atoms with van der Waals surface area (Å²) < 4.78 is 5.29. The molecule has 2 aromatic carbocycles. The van der Waals surface area contributed by atoms with Crippen molar-refractivity contribution < 1.29 is 19.1 Å². The summed E-state index contributed by atoms with van der Waals surface area (Å²) in [5.74, 6) is -2.53. The fraction of sp³-hybridized carbons (Fsp3) is 0.150. The highest BCUT2D eigenvalue weighted by Crippen LogP contribution is 2.20. The molecule has 2 aromatic rings. The van der Waals surface area contributed by atoms with Crippen LogP contribution in [0, 0.1) is 12.8 Å². The molecule has 0 aliphatic carbocycles. The molecule has 8 nitrogen and oxygen atoms in total. The minimum atomic E-state index is -1.24. The molecule has 3 amide bonds. The van der Waals surface area contributed by atoms with Gasteiger partial charge < -0.3 is 10.1 Å². The van der Waals surface area contributed by atoms with Crippen LogP contribution < -0.4 is 20.4 Å². The molecule has 1 aliphatic heterocycles. The summed E-state index contributed by atoms with van der Waals surface area (Å²) >= 11 is 10.9. The Balaban J connectivity index is 1.60. The molecular weight excluding hydrogens is 428 g/mol. The van der Waals surface area contributed by atoms with Crippen LogP contribution in [0.2, 0.25) is 5.02 Å². The van der Waals surface area contributed by atoms with Gasteiger partial charge in [-0.2, -0.15) is 5.10 Å². The van der Waals surface area contributed by atoms with Gasteiger partial charge in [-0.05, 0) is 55.5 Å². The number of nitrogens with zero attached hydrogens (tertiary/aromatic N) is 2. The van der Waals surface area contributed by atoms with E-state index in [2.05, 4.69) is 15.8 Å². The number of hydrogen-bond donors (Lipinski definition) is 2. The number of hydrogen-bond acceptors (Lipinski definition) is 6. The Hall–Kier alpha value is -3.30. The third kappa shape index (κ3) is 5.19. The second kappa shape index (κ2) is 9.47. The third-order valence-corrected chi connectivity index (χ3v) is 4.63. The molecule has 0 bridgehead atoms. The Bertz CT molecular complexity index is 1010. The molecule has 1 heterocycles. The summed E-state index contributed by atoms with van der Waals surface area (Å²) in [4.78, 5) is 38.0. The zero-order chi connectivity index (χ0) is 21.7. The topological polar surface area (TPSA) is 100 Å². The van der Waals surface area contributed by atoms with Crippen LogP contribution in [0.15, 0.2) is 53.6 Å². The monoisotopic (exact) mass is 444 g/mol. The molecule has 30 heavy (non-hydrogen) atoms. The van der Waals surface area contributed by atoms with Gasteiger partial charge in [-0.25, -0.2) is 5.43 Å². The molecular formula is C20H17ClN4O4S. The fourth-order valence-corrected chi connectivity index (χ4v) is 2.98. The summed E-state index contributed by atoms with van der Waals surface area (Å²) in [6.45, 7) is 1.61. The van der Waals surface area contributed by atoms with E-state index >= 15 is 0 Å². The van der Waals surface area contributed by atoms with Crippen LogP contribution in [0.25, 0.3) is 0 Å². The van der Waals surface area contributed by atoms with Crippen molar-refractivity contribution >= 4 is 58.6 Å². The third-order valence-electron chi connectivity index (χ3n) is 4.09. The maximum Gasteiger partial charge on any atom is 0.277 e. The number of benzene rings is 2. The number of anilines is 1. The van der Waals surface area contributed by atoms with Gasteiger partial charge in [0.1, 0.15) is 5.75 Å². The van der Waals surface area contributed by atoms with Gasteiger partial charge in [0, 0.05) is 11.2 Å². The fourth-order valence-electron chi connectivity index (χ4n) is 2.56. The van der Waals surface area contributed by atoms with Gasteiger partial charge in [-0.15, -0.1) is 0 Å². The predicted octanol–water partition coefficient (Wildman–Crippen LogP) is 2.19. The quantitative estimate of drug-likeness (QED) is 0.308. The minimum Gasteiger partial charge on any atom is -0.484 e. The van der Waals surface area contributed by atoms with Gasteiger partial charge in [-0.3, -0.25) is 19.3 Å². The molecule has 1 fully saturated rings. The van der Waals surface area contributed by atoms with Crippen LogP contribution in [-0.2, 0) is 14.4 Å². The summed E-state index contributed by atoms with van der Waals surface area (Å²) in [6.07, 6.45) is 1.06. The van der Waals surface area contributed by atoms with Crippen LogP contribution in [0.3, 0.4) is 0 Å². The van der Waals surface area contributed by atoms with Crippen LogP contribution in [0.1, 0.15) is 5.56 Å². The average molecular weight is 445 g/mol. The SMILES string of the molecule is Cc1ccc(N2C(=O)[C@@H](/C=N/NC(=O)COc3ccc(Cl)cc3)C(=O)NC2=S)cc1. The van der Waals surface area contributed by atoms with Crippen LogP contribution >= 0.6 is 23.8 Å². The molecule has 1 atom stereocenters. The first kappa shape index (κ1) is 21.4. The van der Waals surface area contributed by atoms with Crippen molar-refractivity contribution in [3.63, 3.8) is 0 Å². The van der Waals surface area contributed by atoms with Crippen molar-refractivity contribution in [3.8, 4) is 5.75 Å². The van der Waals surface area contributed by atoms with Crippen LogP contribution in [0.4, 0.5) is 5.69 Å². The van der Waals surface area contributed by atoms with E-state index in [0.29, 0.717) is 16.5 Å². The van der Waals surface area contributed by atoms with Gasteiger partial charge in [-0.1, -0.05) is 29.3 Å². The summed E-state index contributed by atoms with van der Waals surface area (Å²) in [5.41, 5.74) is 3.76. The van der Waals surface area contributed by atoms with Gasteiger partial charge >= 0.3 is 0 Å². The number of carbonyl (C=O) groups excluding carboxylic acids is 3. The number of halogens is 1. The Labute approximate surface area is 182 Å². The molecule has 1 aliphatic rings. The maximum atomic E-state index is 12.8. The molecule has 1 saturated heterocycles. The van der Waals surface area contributed by atoms with E-state index in [1.807, 2.05) is 19.1 Å². The van der Waals surface area contributed by atoms with E-state index < -0.39 is 23.6 Å². The number of nitrogens with one attached hydrogen (secondary N) is 2. The maximum absolute atomic E-state index is 12.8. The lowest BCUT2D eigenvalue weighted by molar-refractivity contribution is -0.130. The van der Waals surface area contributed by atoms with Crippen molar-refractivity contribution in [3.05, 3.63) is 59.1 Å². The number of aryl methyl sites for hydroxylation is 1. The van der Waals surface area contributed by atoms with E-state index in [9.17, 15) is 14.4 Å². The Morgan fingerprint density at radius 1 is 1.23 bits per heavy atom. The van der Waals surface area contributed by atoms with E-state index in [1.54, 1.807) is 36.4 Å². The number of rotatable bonds is 6. The number of thiocarbonyl (C=S) groups is 1. The van der Waals surface area contributed by atoms with Gasteiger partial charge in [0.2, 0.25) is 5.91 Å². The molecule has 10 heteroatoms. The summed E-state index contributed by atoms with van der Waals surface area (Å²) in [6, 6.07) is 13.6. The predicted molar refractivity (Wildman–Crippen MR) is 116 cm³/mol. The van der Waals surface area contributed by atoms with E-state index in [1.165, 1.54) is 4.90 Å². The highest BCUT2D eigenvalue weighted by atomic mass is 35.5. The van der Waals surface area contributed by atoms with Crippen LogP contribution in [0.5, 0.6) is 5.75 Å². The lowest BCUT2D eigenvalue weighted by atomic mass is 10.1. The first-order valence-electron chi connectivity index (χ1n) is 8.81. The van der Waals surface area contributed by atoms with Gasteiger partial charge in [0.25, 0.3) is 11.8 Å². The first-order chi connectivity index (χ1) is 14.3. The largest absolute Gasteiger partial charge is 0.484 e. The van der Waals surface area contributed by atoms with Crippen molar-refractivity contribution in [1.29, 1.82) is 0 Å². The zero-order valence-corrected chi connectivity index (χ0v) is 17.4. The van der Waals surface area contributed by atoms with Crippen molar-refractivity contribution in [2.24, 2.45) is 11.0 Å². The molecule has 3 rings (SSSR count). The molecule has 154 valence electrons. The van der Waals surface area contributed by atoms with Gasteiger partial charge in [0.05, 0.1) is 5.69 Å². The Morgan fingerprint density at radius 3 is 2.57 bits per heavy atom. The van der Waals surface area contributed by atoms with Gasteiger partial charge in [0.15, 0.2) is 17.6 Å².